The lowest BCUT2D eigenvalue weighted by molar-refractivity contribution is -0.384. The maximum Gasteiger partial charge on any atom is 0.271 e. The Kier molecular flexibility index (Phi) is 5.85. The van der Waals surface area contributed by atoms with Gasteiger partial charge in [0.2, 0.25) is 0 Å². The Morgan fingerprint density at radius 3 is 2.90 bits per heavy atom. The molecule has 1 unspecified atom stereocenters. The molecule has 2 N–H and O–H groups in total. The van der Waals surface area contributed by atoms with Crippen LogP contribution in [0.15, 0.2) is 63.3 Å². The van der Waals surface area contributed by atoms with Crippen LogP contribution in [0, 0.1) is 21.4 Å². The standard InChI is InChI=1S/C22H20N4O3S2/c1-2-30-18-9-10-31-21(18)19-15(12-23)22(24)25(16-7-4-8-17(27)20(16)19)13-5-3-6-14(11-13)26(28)29/h3,5-6,9-11,19H,2,4,7-8,24H2,1H3. The lowest BCUT2D eigenvalue weighted by atomic mass is 9.78. The van der Waals surface area contributed by atoms with Crippen molar-refractivity contribution in [2.75, 3.05) is 10.7 Å². The minimum absolute atomic E-state index is 0.00257. The van der Waals surface area contributed by atoms with Gasteiger partial charge in [0, 0.05) is 39.6 Å². The topological polar surface area (TPSA) is 113 Å². The summed E-state index contributed by atoms with van der Waals surface area (Å²) in [6, 6.07) is 10.4. The van der Waals surface area contributed by atoms with Crippen LogP contribution in [-0.2, 0) is 4.79 Å². The van der Waals surface area contributed by atoms with Crippen LogP contribution in [0.25, 0.3) is 0 Å². The number of anilines is 1. The van der Waals surface area contributed by atoms with E-state index in [9.17, 15) is 20.2 Å². The highest BCUT2D eigenvalue weighted by Gasteiger charge is 2.41. The molecule has 0 saturated carbocycles. The van der Waals surface area contributed by atoms with E-state index in [-0.39, 0.29) is 17.3 Å². The molecule has 9 heteroatoms. The number of nitriles is 1. The summed E-state index contributed by atoms with van der Waals surface area (Å²) in [5.41, 5.74) is 8.57. The number of nitro groups is 1. The van der Waals surface area contributed by atoms with E-state index in [1.54, 1.807) is 28.8 Å². The van der Waals surface area contributed by atoms with Gasteiger partial charge < -0.3 is 5.73 Å². The molecule has 1 aromatic heterocycles. The largest absolute Gasteiger partial charge is 0.384 e. The number of hydrogen-bond acceptors (Lipinski definition) is 8. The maximum absolute atomic E-state index is 13.2. The van der Waals surface area contributed by atoms with Crippen molar-refractivity contribution in [1.29, 1.82) is 5.26 Å². The Morgan fingerprint density at radius 1 is 1.39 bits per heavy atom. The third kappa shape index (κ3) is 3.62. The number of thioether (sulfide) groups is 1. The van der Waals surface area contributed by atoms with E-state index in [0.29, 0.717) is 36.1 Å². The molecule has 1 aliphatic heterocycles. The van der Waals surface area contributed by atoms with Gasteiger partial charge in [0.05, 0.1) is 28.2 Å². The van der Waals surface area contributed by atoms with Crippen LogP contribution in [0.4, 0.5) is 11.4 Å². The van der Waals surface area contributed by atoms with Gasteiger partial charge in [-0.2, -0.15) is 5.26 Å². The number of rotatable bonds is 5. The van der Waals surface area contributed by atoms with Gasteiger partial charge in [-0.05, 0) is 36.1 Å². The zero-order valence-corrected chi connectivity index (χ0v) is 18.5. The number of hydrogen-bond donors (Lipinski definition) is 1. The van der Waals surface area contributed by atoms with Crippen molar-refractivity contribution >= 4 is 40.3 Å². The van der Waals surface area contributed by atoms with Crippen LogP contribution in [0.1, 0.15) is 37.0 Å². The second kappa shape index (κ2) is 8.57. The molecule has 1 atom stereocenters. The Bertz CT molecular complexity index is 1180. The molecule has 1 aromatic carbocycles. The third-order valence-corrected chi connectivity index (χ3v) is 7.50. The van der Waals surface area contributed by atoms with Gasteiger partial charge in [0.25, 0.3) is 5.69 Å². The molecular weight excluding hydrogens is 432 g/mol. The molecule has 1 aliphatic carbocycles. The number of Topliss-reactive ketones (excluding diaryl/α,β-unsaturated/α-hetero) is 1. The van der Waals surface area contributed by atoms with Gasteiger partial charge in [-0.3, -0.25) is 19.8 Å². The number of nitro benzene ring substituents is 1. The molecular formula is C22H20N4O3S2. The molecule has 0 bridgehead atoms. The average molecular weight is 453 g/mol. The van der Waals surface area contributed by atoms with Crippen molar-refractivity contribution in [3.63, 3.8) is 0 Å². The van der Waals surface area contributed by atoms with E-state index >= 15 is 0 Å². The highest BCUT2D eigenvalue weighted by atomic mass is 32.2. The number of carbonyl (C=O) groups excluding carboxylic acids is 1. The molecule has 2 heterocycles. The molecule has 31 heavy (non-hydrogen) atoms. The predicted molar refractivity (Wildman–Crippen MR) is 122 cm³/mol. The summed E-state index contributed by atoms with van der Waals surface area (Å²) in [4.78, 5) is 27.7. The van der Waals surface area contributed by atoms with Gasteiger partial charge >= 0.3 is 0 Å². The maximum atomic E-state index is 13.2. The van der Waals surface area contributed by atoms with Crippen molar-refractivity contribution in [2.24, 2.45) is 5.73 Å². The summed E-state index contributed by atoms with van der Waals surface area (Å²) < 4.78 is 0. The number of thiophene rings is 1. The Balaban J connectivity index is 1.95. The van der Waals surface area contributed by atoms with Crippen LogP contribution < -0.4 is 10.6 Å². The van der Waals surface area contributed by atoms with Crippen LogP contribution >= 0.6 is 23.1 Å². The predicted octanol–water partition coefficient (Wildman–Crippen LogP) is 5.07. The van der Waals surface area contributed by atoms with E-state index in [1.165, 1.54) is 23.5 Å². The Labute approximate surface area is 188 Å². The first kappa shape index (κ1) is 21.2. The molecule has 4 rings (SSSR count). The first-order valence-corrected chi connectivity index (χ1v) is 11.7. The lowest BCUT2D eigenvalue weighted by Crippen LogP contribution is -2.38. The second-order valence-corrected chi connectivity index (χ2v) is 9.43. The summed E-state index contributed by atoms with van der Waals surface area (Å²) in [6.07, 6.45) is 1.70. The average Bonchev–Trinajstić information content (AvgIpc) is 3.21. The first-order valence-electron chi connectivity index (χ1n) is 9.88. The van der Waals surface area contributed by atoms with E-state index < -0.39 is 10.8 Å². The molecule has 158 valence electrons. The van der Waals surface area contributed by atoms with Gasteiger partial charge in [-0.1, -0.05) is 13.0 Å². The van der Waals surface area contributed by atoms with Crippen molar-refractivity contribution in [1.82, 2.24) is 0 Å². The van der Waals surface area contributed by atoms with Gasteiger partial charge in [0.1, 0.15) is 5.82 Å². The smallest absolute Gasteiger partial charge is 0.271 e. The summed E-state index contributed by atoms with van der Waals surface area (Å²) in [6.45, 7) is 2.06. The number of ketones is 1. The number of nitrogens with two attached hydrogens (primary N) is 1. The molecule has 0 saturated heterocycles. The van der Waals surface area contributed by atoms with Crippen molar-refractivity contribution in [3.8, 4) is 6.07 Å². The molecule has 0 amide bonds. The van der Waals surface area contributed by atoms with Crippen LogP contribution in [-0.4, -0.2) is 16.5 Å². The first-order chi connectivity index (χ1) is 15.0. The fourth-order valence-electron chi connectivity index (χ4n) is 4.18. The molecule has 0 fully saturated rings. The van der Waals surface area contributed by atoms with Gasteiger partial charge in [-0.15, -0.1) is 23.1 Å². The number of non-ortho nitro benzene ring substituents is 1. The van der Waals surface area contributed by atoms with Crippen molar-refractivity contribution in [2.45, 2.75) is 37.0 Å². The Morgan fingerprint density at radius 2 is 2.19 bits per heavy atom. The highest BCUT2D eigenvalue weighted by molar-refractivity contribution is 7.99. The SMILES string of the molecule is CCSc1ccsc1C1C(C#N)=C(N)N(c2cccc([N+](=O)[O-])c2)C2=C1C(=O)CCC2. The molecule has 2 aliphatic rings. The number of nitrogens with zero attached hydrogens (tertiary/aromatic N) is 3. The van der Waals surface area contributed by atoms with Crippen LogP contribution in [0.2, 0.25) is 0 Å². The number of carbonyl (C=O) groups is 1. The van der Waals surface area contributed by atoms with E-state index in [2.05, 4.69) is 13.0 Å². The summed E-state index contributed by atoms with van der Waals surface area (Å²) in [5.74, 6) is 0.596. The Hall–Kier alpha value is -3.09. The quantitative estimate of drug-likeness (QED) is 0.382. The second-order valence-electron chi connectivity index (χ2n) is 7.18. The van der Waals surface area contributed by atoms with Crippen molar-refractivity contribution < 1.29 is 9.72 Å². The monoisotopic (exact) mass is 452 g/mol. The fourth-order valence-corrected chi connectivity index (χ4v) is 6.23. The van der Waals surface area contributed by atoms with Gasteiger partial charge in [-0.25, -0.2) is 0 Å². The molecule has 0 spiro atoms. The highest BCUT2D eigenvalue weighted by Crippen LogP contribution is 2.49. The van der Waals surface area contributed by atoms with E-state index in [4.69, 9.17) is 5.73 Å². The zero-order chi connectivity index (χ0) is 22.1. The fraction of sp³-hybridized carbons (Fsp3) is 0.273. The lowest BCUT2D eigenvalue weighted by Gasteiger charge is -2.39. The molecule has 2 aromatic rings. The summed E-state index contributed by atoms with van der Waals surface area (Å²) in [5, 5.41) is 23.4. The van der Waals surface area contributed by atoms with Crippen LogP contribution in [0.3, 0.4) is 0 Å². The molecule has 0 radical (unpaired) electrons. The van der Waals surface area contributed by atoms with Crippen molar-refractivity contribution in [3.05, 3.63) is 73.4 Å². The third-order valence-electron chi connectivity index (χ3n) is 5.43. The van der Waals surface area contributed by atoms with Crippen LogP contribution in [0.5, 0.6) is 0 Å². The molecule has 7 nitrogen and oxygen atoms in total. The van der Waals surface area contributed by atoms with E-state index in [1.807, 2.05) is 11.4 Å². The van der Waals surface area contributed by atoms with Gasteiger partial charge in [0.15, 0.2) is 5.78 Å². The van der Waals surface area contributed by atoms with E-state index in [0.717, 1.165) is 21.2 Å². The summed E-state index contributed by atoms with van der Waals surface area (Å²) >= 11 is 3.20. The number of benzene rings is 1. The number of allylic oxidation sites excluding steroid dienone is 3. The minimum Gasteiger partial charge on any atom is -0.384 e. The zero-order valence-electron chi connectivity index (χ0n) is 16.8. The minimum atomic E-state index is -0.503. The summed E-state index contributed by atoms with van der Waals surface area (Å²) in [7, 11) is 0. The normalized spacial score (nSPS) is 18.8.